The molecule has 6 nitrogen and oxygen atoms in total. The van der Waals surface area contributed by atoms with Gasteiger partial charge in [0.05, 0.1) is 6.10 Å². The van der Waals surface area contributed by atoms with Gasteiger partial charge in [0.25, 0.3) is 5.91 Å². The van der Waals surface area contributed by atoms with Crippen LogP contribution >= 0.6 is 0 Å². The molecule has 1 aliphatic carbocycles. The average molecular weight is 340 g/mol. The number of amides is 1. The summed E-state index contributed by atoms with van der Waals surface area (Å²) in [5.74, 6) is 0.150. The number of nitrogens with zero attached hydrogens (tertiary/aromatic N) is 2. The Balaban J connectivity index is 1.48. The summed E-state index contributed by atoms with van der Waals surface area (Å²) < 4.78 is 5.80. The molecule has 1 aromatic heterocycles. The summed E-state index contributed by atoms with van der Waals surface area (Å²) in [6.07, 6.45) is 9.46. The number of ether oxygens (including phenoxy) is 1. The second-order valence-corrected chi connectivity index (χ2v) is 6.30. The van der Waals surface area contributed by atoms with E-state index in [1.165, 1.54) is 25.7 Å². The number of benzene rings is 1. The summed E-state index contributed by atoms with van der Waals surface area (Å²) in [6.45, 7) is 1.31. The monoisotopic (exact) mass is 340 g/mol. The van der Waals surface area contributed by atoms with Crippen LogP contribution in [0, 0.1) is 0 Å². The van der Waals surface area contributed by atoms with Gasteiger partial charge >= 0.3 is 0 Å². The van der Waals surface area contributed by atoms with Crippen LogP contribution in [0.2, 0.25) is 0 Å². The highest BCUT2D eigenvalue weighted by atomic mass is 16.5. The summed E-state index contributed by atoms with van der Waals surface area (Å²) in [6, 6.07) is 7.40. The van der Waals surface area contributed by atoms with Crippen molar-refractivity contribution in [1.29, 1.82) is 0 Å². The first kappa shape index (κ1) is 17.4. The van der Waals surface area contributed by atoms with E-state index >= 15 is 0 Å². The second kappa shape index (κ2) is 8.58. The molecule has 0 aliphatic heterocycles. The average Bonchev–Trinajstić information content (AvgIpc) is 3.15. The zero-order chi connectivity index (χ0) is 17.5. The van der Waals surface area contributed by atoms with Crippen molar-refractivity contribution in [3.8, 4) is 11.1 Å². The Kier molecular flexibility index (Phi) is 5.95. The number of hydrogen-bond donors (Lipinski definition) is 2. The van der Waals surface area contributed by atoms with Gasteiger partial charge in [0, 0.05) is 36.7 Å². The molecular formula is C19H24N4O2. The van der Waals surface area contributed by atoms with Crippen LogP contribution in [0.4, 0.5) is 5.95 Å². The standard InChI is InChI=1S/C19H24N4O2/c20-19-22-12-16(13-23-19)14-5-3-6-15(11-14)18(24)21-9-4-10-25-17-7-1-2-8-17/h3,5-6,11-13,17H,1-2,4,7-10H2,(H,21,24)(H2,20,22,23). The maximum Gasteiger partial charge on any atom is 0.251 e. The van der Waals surface area contributed by atoms with E-state index in [1.54, 1.807) is 18.5 Å². The zero-order valence-corrected chi connectivity index (χ0v) is 14.3. The molecule has 0 atom stereocenters. The predicted octanol–water partition coefficient (Wildman–Crippen LogP) is 2.80. The highest BCUT2D eigenvalue weighted by molar-refractivity contribution is 5.95. The van der Waals surface area contributed by atoms with Crippen LogP contribution in [-0.4, -0.2) is 35.1 Å². The lowest BCUT2D eigenvalue weighted by Crippen LogP contribution is -2.25. The smallest absolute Gasteiger partial charge is 0.251 e. The van der Waals surface area contributed by atoms with Gasteiger partial charge in [0.2, 0.25) is 5.95 Å². The van der Waals surface area contributed by atoms with Crippen LogP contribution in [0.3, 0.4) is 0 Å². The maximum atomic E-state index is 12.3. The summed E-state index contributed by atoms with van der Waals surface area (Å²) in [7, 11) is 0. The minimum Gasteiger partial charge on any atom is -0.378 e. The first-order valence-corrected chi connectivity index (χ1v) is 8.80. The lowest BCUT2D eigenvalue weighted by Gasteiger charge is -2.11. The molecule has 3 rings (SSSR count). The lowest BCUT2D eigenvalue weighted by molar-refractivity contribution is 0.0565. The number of carbonyl (C=O) groups excluding carboxylic acids is 1. The lowest BCUT2D eigenvalue weighted by atomic mass is 10.1. The number of rotatable bonds is 7. The van der Waals surface area contributed by atoms with Gasteiger partial charge in [0.15, 0.2) is 0 Å². The topological polar surface area (TPSA) is 90.1 Å². The second-order valence-electron chi connectivity index (χ2n) is 6.30. The van der Waals surface area contributed by atoms with Crippen LogP contribution in [0.1, 0.15) is 42.5 Å². The summed E-state index contributed by atoms with van der Waals surface area (Å²) in [5, 5.41) is 2.94. The molecule has 1 aromatic carbocycles. The van der Waals surface area contributed by atoms with Gasteiger partial charge in [-0.05, 0) is 37.0 Å². The van der Waals surface area contributed by atoms with Gasteiger partial charge < -0.3 is 15.8 Å². The highest BCUT2D eigenvalue weighted by Crippen LogP contribution is 2.21. The van der Waals surface area contributed by atoms with Gasteiger partial charge in [-0.1, -0.05) is 25.0 Å². The fourth-order valence-electron chi connectivity index (χ4n) is 3.01. The summed E-state index contributed by atoms with van der Waals surface area (Å²) in [4.78, 5) is 20.3. The predicted molar refractivity (Wildman–Crippen MR) is 97.0 cm³/mol. The fraction of sp³-hybridized carbons (Fsp3) is 0.421. The third-order valence-corrected chi connectivity index (χ3v) is 4.39. The molecule has 2 aromatic rings. The van der Waals surface area contributed by atoms with E-state index < -0.39 is 0 Å². The number of hydrogen-bond acceptors (Lipinski definition) is 5. The maximum absolute atomic E-state index is 12.3. The zero-order valence-electron chi connectivity index (χ0n) is 14.3. The van der Waals surface area contributed by atoms with Crippen LogP contribution in [0.5, 0.6) is 0 Å². The molecule has 3 N–H and O–H groups in total. The summed E-state index contributed by atoms with van der Waals surface area (Å²) in [5.41, 5.74) is 7.84. The van der Waals surface area contributed by atoms with Crippen LogP contribution in [0.25, 0.3) is 11.1 Å². The van der Waals surface area contributed by atoms with Crippen molar-refractivity contribution < 1.29 is 9.53 Å². The number of aromatic nitrogens is 2. The Hall–Kier alpha value is -2.47. The van der Waals surface area contributed by atoms with Crippen molar-refractivity contribution in [2.45, 2.75) is 38.2 Å². The highest BCUT2D eigenvalue weighted by Gasteiger charge is 2.14. The van der Waals surface area contributed by atoms with Crippen molar-refractivity contribution in [2.75, 3.05) is 18.9 Å². The first-order valence-electron chi connectivity index (χ1n) is 8.80. The molecule has 1 saturated carbocycles. The number of nitrogens with one attached hydrogen (secondary N) is 1. The Morgan fingerprint density at radius 2 is 1.96 bits per heavy atom. The minimum atomic E-state index is -0.0842. The number of anilines is 1. The van der Waals surface area contributed by atoms with Crippen LogP contribution in [0.15, 0.2) is 36.7 Å². The van der Waals surface area contributed by atoms with Crippen molar-refractivity contribution in [3.05, 3.63) is 42.2 Å². The van der Waals surface area contributed by atoms with E-state index in [9.17, 15) is 4.79 Å². The third kappa shape index (κ3) is 5.00. The van der Waals surface area contributed by atoms with Crippen molar-refractivity contribution in [2.24, 2.45) is 0 Å². The van der Waals surface area contributed by atoms with Crippen molar-refractivity contribution in [1.82, 2.24) is 15.3 Å². The quantitative estimate of drug-likeness (QED) is 0.757. The normalized spacial score (nSPS) is 14.6. The van der Waals surface area contributed by atoms with Gasteiger partial charge in [-0.25, -0.2) is 9.97 Å². The Morgan fingerprint density at radius 3 is 2.72 bits per heavy atom. The Labute approximate surface area is 147 Å². The van der Waals surface area contributed by atoms with E-state index in [1.807, 2.05) is 18.2 Å². The van der Waals surface area contributed by atoms with Crippen molar-refractivity contribution >= 4 is 11.9 Å². The SMILES string of the molecule is Nc1ncc(-c2cccc(C(=O)NCCCOC3CCCC3)c2)cn1. The number of nitrogen functional groups attached to an aromatic ring is 1. The van der Waals surface area contributed by atoms with Crippen LogP contribution in [-0.2, 0) is 4.74 Å². The molecule has 0 spiro atoms. The van der Waals surface area contributed by atoms with Crippen LogP contribution < -0.4 is 11.1 Å². The molecular weight excluding hydrogens is 316 g/mol. The Bertz CT molecular complexity index is 697. The molecule has 1 amide bonds. The van der Waals surface area contributed by atoms with E-state index in [2.05, 4.69) is 15.3 Å². The molecule has 1 aliphatic rings. The minimum absolute atomic E-state index is 0.0842. The number of carbonyl (C=O) groups is 1. The molecule has 0 saturated heterocycles. The summed E-state index contributed by atoms with van der Waals surface area (Å²) >= 11 is 0. The van der Waals surface area contributed by atoms with E-state index in [0.717, 1.165) is 17.5 Å². The number of nitrogens with two attached hydrogens (primary N) is 1. The molecule has 1 heterocycles. The van der Waals surface area contributed by atoms with E-state index in [-0.39, 0.29) is 11.9 Å². The molecule has 0 bridgehead atoms. The molecule has 25 heavy (non-hydrogen) atoms. The van der Waals surface area contributed by atoms with E-state index in [0.29, 0.717) is 24.8 Å². The largest absolute Gasteiger partial charge is 0.378 e. The van der Waals surface area contributed by atoms with Gasteiger partial charge in [-0.15, -0.1) is 0 Å². The van der Waals surface area contributed by atoms with Gasteiger partial charge in [-0.3, -0.25) is 4.79 Å². The van der Waals surface area contributed by atoms with Gasteiger partial charge in [0.1, 0.15) is 0 Å². The molecule has 132 valence electrons. The van der Waals surface area contributed by atoms with Crippen molar-refractivity contribution in [3.63, 3.8) is 0 Å². The molecule has 0 unspecified atom stereocenters. The fourth-order valence-corrected chi connectivity index (χ4v) is 3.01. The van der Waals surface area contributed by atoms with Gasteiger partial charge in [-0.2, -0.15) is 0 Å². The van der Waals surface area contributed by atoms with E-state index in [4.69, 9.17) is 10.5 Å². The first-order chi connectivity index (χ1) is 12.2. The molecule has 1 fully saturated rings. The molecule has 0 radical (unpaired) electrons. The molecule has 6 heteroatoms. The Morgan fingerprint density at radius 1 is 1.20 bits per heavy atom. The third-order valence-electron chi connectivity index (χ3n) is 4.39.